The van der Waals surface area contributed by atoms with Gasteiger partial charge in [-0.05, 0) is 31.9 Å². The smallest absolute Gasteiger partial charge is 0.372 e. The lowest BCUT2D eigenvalue weighted by Gasteiger charge is -1.91. The molecule has 2 heterocycles. The van der Waals surface area contributed by atoms with Gasteiger partial charge in [0.15, 0.2) is 11.6 Å². The SMILES string of the molecule is CC(=O)c1nc(Br)cn1C.Cn1cc(Br)nc1C(=O)O. The topological polar surface area (TPSA) is 90.0 Å². The van der Waals surface area contributed by atoms with E-state index in [0.29, 0.717) is 15.0 Å². The zero-order valence-electron chi connectivity index (χ0n) is 11.0. The Balaban J connectivity index is 0.000000200. The zero-order valence-corrected chi connectivity index (χ0v) is 14.1. The summed E-state index contributed by atoms with van der Waals surface area (Å²) in [4.78, 5) is 28.7. The third-order valence-electron chi connectivity index (χ3n) is 2.20. The van der Waals surface area contributed by atoms with E-state index in [0.717, 1.165) is 0 Å². The quantitative estimate of drug-likeness (QED) is 0.771. The van der Waals surface area contributed by atoms with E-state index in [-0.39, 0.29) is 11.6 Å². The molecule has 108 valence electrons. The molecule has 0 saturated carbocycles. The van der Waals surface area contributed by atoms with Crippen LogP contribution in [-0.4, -0.2) is 36.0 Å². The molecule has 9 heteroatoms. The summed E-state index contributed by atoms with van der Waals surface area (Å²) in [5.41, 5.74) is 0. The Hall–Kier alpha value is -1.48. The maximum absolute atomic E-state index is 10.8. The Bertz CT molecular complexity index is 592. The normalized spacial score (nSPS) is 9.85. The number of carbonyl (C=O) groups excluding carboxylic acids is 1. The van der Waals surface area contributed by atoms with Crippen LogP contribution in [-0.2, 0) is 14.1 Å². The molecule has 0 atom stereocenters. The largest absolute Gasteiger partial charge is 0.475 e. The van der Waals surface area contributed by atoms with E-state index in [9.17, 15) is 9.59 Å². The number of carboxylic acid groups (broad SMARTS) is 1. The van der Waals surface area contributed by atoms with E-state index in [4.69, 9.17) is 5.11 Å². The number of rotatable bonds is 2. The van der Waals surface area contributed by atoms with Crippen molar-refractivity contribution in [3.63, 3.8) is 0 Å². The van der Waals surface area contributed by atoms with Crippen LogP contribution in [0.25, 0.3) is 0 Å². The molecule has 2 rings (SSSR count). The minimum absolute atomic E-state index is 0.0202. The molecule has 0 aliphatic heterocycles. The van der Waals surface area contributed by atoms with E-state index in [1.807, 2.05) is 0 Å². The second-order valence-electron chi connectivity index (χ2n) is 3.86. The number of aromatic carboxylic acids is 1. The van der Waals surface area contributed by atoms with Crippen molar-refractivity contribution in [1.82, 2.24) is 19.1 Å². The number of carboxylic acids is 1. The van der Waals surface area contributed by atoms with Crippen molar-refractivity contribution in [2.75, 3.05) is 0 Å². The van der Waals surface area contributed by atoms with Gasteiger partial charge >= 0.3 is 5.97 Å². The van der Waals surface area contributed by atoms with Crippen molar-refractivity contribution in [3.05, 3.63) is 33.2 Å². The van der Waals surface area contributed by atoms with Crippen LogP contribution in [0.3, 0.4) is 0 Å². The number of imidazole rings is 2. The molecule has 0 bridgehead atoms. The van der Waals surface area contributed by atoms with Crippen molar-refractivity contribution in [1.29, 1.82) is 0 Å². The zero-order chi connectivity index (χ0) is 15.4. The summed E-state index contributed by atoms with van der Waals surface area (Å²) in [6.45, 7) is 1.49. The van der Waals surface area contributed by atoms with Crippen molar-refractivity contribution in [3.8, 4) is 0 Å². The molecule has 20 heavy (non-hydrogen) atoms. The number of hydrogen-bond donors (Lipinski definition) is 1. The first kappa shape index (κ1) is 16.6. The molecule has 0 aromatic carbocycles. The molecular formula is C11H12Br2N4O3. The van der Waals surface area contributed by atoms with Crippen LogP contribution in [0, 0.1) is 0 Å². The molecule has 0 unspecified atom stereocenters. The van der Waals surface area contributed by atoms with Crippen molar-refractivity contribution in [2.24, 2.45) is 14.1 Å². The van der Waals surface area contributed by atoms with Gasteiger partial charge in [-0.15, -0.1) is 0 Å². The molecule has 0 aliphatic rings. The van der Waals surface area contributed by atoms with Gasteiger partial charge in [0.1, 0.15) is 9.21 Å². The van der Waals surface area contributed by atoms with Crippen molar-refractivity contribution < 1.29 is 14.7 Å². The summed E-state index contributed by atoms with van der Waals surface area (Å²) in [7, 11) is 3.41. The van der Waals surface area contributed by atoms with Crippen LogP contribution < -0.4 is 0 Å². The molecule has 0 amide bonds. The summed E-state index contributed by atoms with van der Waals surface area (Å²) in [6.07, 6.45) is 3.33. The summed E-state index contributed by atoms with van der Waals surface area (Å²) in [5, 5.41) is 8.47. The molecule has 0 spiro atoms. The third-order valence-corrected chi connectivity index (χ3v) is 2.96. The highest BCUT2D eigenvalue weighted by Gasteiger charge is 2.09. The molecular weight excluding hydrogens is 396 g/mol. The number of hydrogen-bond acceptors (Lipinski definition) is 4. The van der Waals surface area contributed by atoms with Crippen LogP contribution in [0.2, 0.25) is 0 Å². The standard InChI is InChI=1S/C6H7BrN2O.C5H5BrN2O2/c1-4(10)6-8-5(7)3-9(6)2;1-8-2-3(6)7-4(8)5(9)10/h3H,1-2H3;2H,1H3,(H,9,10). The summed E-state index contributed by atoms with van der Waals surface area (Å²) in [5.74, 6) is -0.528. The van der Waals surface area contributed by atoms with Gasteiger partial charge in [-0.3, -0.25) is 4.79 Å². The Morgan fingerprint density at radius 1 is 1.05 bits per heavy atom. The highest BCUT2D eigenvalue weighted by atomic mass is 79.9. The monoisotopic (exact) mass is 406 g/mol. The lowest BCUT2D eigenvalue weighted by atomic mass is 10.4. The Morgan fingerprint density at radius 3 is 1.60 bits per heavy atom. The number of aryl methyl sites for hydroxylation is 2. The van der Waals surface area contributed by atoms with Gasteiger partial charge in [0, 0.05) is 33.4 Å². The van der Waals surface area contributed by atoms with Crippen molar-refractivity contribution >= 4 is 43.6 Å². The maximum Gasteiger partial charge on any atom is 0.372 e. The van der Waals surface area contributed by atoms with Gasteiger partial charge in [0.05, 0.1) is 0 Å². The van der Waals surface area contributed by atoms with Crippen molar-refractivity contribution in [2.45, 2.75) is 6.92 Å². The average Bonchev–Trinajstić information content (AvgIpc) is 2.82. The molecule has 0 radical (unpaired) electrons. The number of nitrogens with zero attached hydrogens (tertiary/aromatic N) is 4. The van der Waals surface area contributed by atoms with Gasteiger partial charge in [-0.1, -0.05) is 0 Å². The minimum Gasteiger partial charge on any atom is -0.475 e. The lowest BCUT2D eigenvalue weighted by molar-refractivity contribution is 0.0679. The predicted octanol–water partition coefficient (Wildman–Crippen LogP) is 2.27. The molecule has 0 aliphatic carbocycles. The Morgan fingerprint density at radius 2 is 1.45 bits per heavy atom. The highest BCUT2D eigenvalue weighted by Crippen LogP contribution is 2.08. The van der Waals surface area contributed by atoms with E-state index in [1.54, 1.807) is 31.1 Å². The number of carbonyl (C=O) groups is 2. The third kappa shape index (κ3) is 4.27. The van der Waals surface area contributed by atoms with E-state index < -0.39 is 5.97 Å². The maximum atomic E-state index is 10.8. The van der Waals surface area contributed by atoms with Gasteiger partial charge in [0.2, 0.25) is 5.82 Å². The van der Waals surface area contributed by atoms with Gasteiger partial charge in [-0.25, -0.2) is 14.8 Å². The summed E-state index contributed by atoms with van der Waals surface area (Å²) < 4.78 is 4.35. The van der Waals surface area contributed by atoms with Crippen LogP contribution >= 0.6 is 31.9 Å². The molecule has 2 aromatic heterocycles. The highest BCUT2D eigenvalue weighted by molar-refractivity contribution is 9.10. The number of ketones is 1. The fraction of sp³-hybridized carbons (Fsp3) is 0.273. The molecule has 2 aromatic rings. The molecule has 0 saturated heterocycles. The van der Waals surface area contributed by atoms with Gasteiger partial charge in [-0.2, -0.15) is 0 Å². The summed E-state index contributed by atoms with van der Waals surface area (Å²) >= 11 is 6.22. The second-order valence-corrected chi connectivity index (χ2v) is 5.48. The Labute approximate surface area is 131 Å². The first-order valence-electron chi connectivity index (χ1n) is 5.34. The predicted molar refractivity (Wildman–Crippen MR) is 78.8 cm³/mol. The van der Waals surface area contributed by atoms with Crippen LogP contribution in [0.5, 0.6) is 0 Å². The molecule has 0 fully saturated rings. The Kier molecular flexibility index (Phi) is 5.63. The van der Waals surface area contributed by atoms with Crippen LogP contribution in [0.15, 0.2) is 21.6 Å². The molecule has 1 N–H and O–H groups in total. The minimum atomic E-state index is -1.02. The van der Waals surface area contributed by atoms with Crippen LogP contribution in [0.4, 0.5) is 0 Å². The van der Waals surface area contributed by atoms with Gasteiger partial charge < -0.3 is 14.2 Å². The lowest BCUT2D eigenvalue weighted by Crippen LogP contribution is -2.04. The van der Waals surface area contributed by atoms with E-state index >= 15 is 0 Å². The first-order valence-corrected chi connectivity index (χ1v) is 6.93. The summed E-state index contributed by atoms with van der Waals surface area (Å²) in [6, 6.07) is 0. The second kappa shape index (κ2) is 6.80. The molecule has 7 nitrogen and oxygen atoms in total. The van der Waals surface area contributed by atoms with E-state index in [1.165, 1.54) is 11.5 Å². The fourth-order valence-corrected chi connectivity index (χ4v) is 2.34. The fourth-order valence-electron chi connectivity index (χ4n) is 1.39. The first-order chi connectivity index (χ1) is 9.22. The van der Waals surface area contributed by atoms with E-state index in [2.05, 4.69) is 41.8 Å². The average molecular weight is 408 g/mol. The number of aromatic nitrogens is 4. The van der Waals surface area contributed by atoms with Gasteiger partial charge in [0.25, 0.3) is 0 Å². The van der Waals surface area contributed by atoms with Crippen LogP contribution in [0.1, 0.15) is 28.2 Å². The number of Topliss-reactive ketones (excluding diaryl/α,β-unsaturated/α-hetero) is 1. The number of halogens is 2.